The van der Waals surface area contributed by atoms with E-state index in [1.807, 2.05) is 11.6 Å². The molecule has 6 heteroatoms. The molecule has 0 amide bonds. The van der Waals surface area contributed by atoms with Crippen molar-refractivity contribution in [2.45, 2.75) is 33.4 Å². The van der Waals surface area contributed by atoms with Gasteiger partial charge in [-0.15, -0.1) is 11.3 Å². The van der Waals surface area contributed by atoms with Crippen molar-refractivity contribution in [3.8, 4) is 0 Å². The Bertz CT molecular complexity index is 544. The molecule has 4 nitrogen and oxygen atoms in total. The SMILES string of the molecule is Cc1nn(C(C)C)c(NCc2ccc(Br)s2)c1N. The molecule has 0 saturated heterocycles. The van der Waals surface area contributed by atoms with E-state index in [-0.39, 0.29) is 0 Å². The molecule has 0 spiro atoms. The van der Waals surface area contributed by atoms with E-state index in [0.29, 0.717) is 6.04 Å². The maximum absolute atomic E-state index is 6.06. The van der Waals surface area contributed by atoms with Crippen LogP contribution in [0.5, 0.6) is 0 Å². The van der Waals surface area contributed by atoms with Gasteiger partial charge in [-0.2, -0.15) is 5.10 Å². The van der Waals surface area contributed by atoms with Gasteiger partial charge < -0.3 is 11.1 Å². The lowest BCUT2D eigenvalue weighted by Gasteiger charge is -2.12. The molecule has 0 bridgehead atoms. The Labute approximate surface area is 119 Å². The Morgan fingerprint density at radius 2 is 2.22 bits per heavy atom. The molecule has 0 aliphatic heterocycles. The number of thiophene rings is 1. The molecule has 0 fully saturated rings. The van der Waals surface area contributed by atoms with Crippen LogP contribution in [0.3, 0.4) is 0 Å². The van der Waals surface area contributed by atoms with Crippen molar-refractivity contribution in [1.29, 1.82) is 0 Å². The third-order valence-corrected chi connectivity index (χ3v) is 4.30. The second kappa shape index (κ2) is 5.32. The Hall–Kier alpha value is -1.01. The second-order valence-electron chi connectivity index (χ2n) is 4.45. The molecule has 2 rings (SSSR count). The monoisotopic (exact) mass is 328 g/mol. The molecule has 0 saturated carbocycles. The molecule has 0 radical (unpaired) electrons. The highest BCUT2D eigenvalue weighted by atomic mass is 79.9. The topological polar surface area (TPSA) is 55.9 Å². The molecular weight excluding hydrogens is 312 g/mol. The van der Waals surface area contributed by atoms with Crippen LogP contribution in [0.15, 0.2) is 15.9 Å². The second-order valence-corrected chi connectivity index (χ2v) is 6.99. The number of nitrogens with two attached hydrogens (primary N) is 1. The predicted octanol–water partition coefficient (Wildman–Crippen LogP) is 3.79. The number of hydrogen-bond acceptors (Lipinski definition) is 4. The van der Waals surface area contributed by atoms with Crippen LogP contribution in [0.2, 0.25) is 0 Å². The average molecular weight is 329 g/mol. The van der Waals surface area contributed by atoms with Crippen LogP contribution < -0.4 is 11.1 Å². The van der Waals surface area contributed by atoms with E-state index < -0.39 is 0 Å². The van der Waals surface area contributed by atoms with Gasteiger partial charge in [-0.3, -0.25) is 0 Å². The fourth-order valence-electron chi connectivity index (χ4n) is 1.73. The molecule has 0 aromatic carbocycles. The van der Waals surface area contributed by atoms with Gasteiger partial charge in [0.1, 0.15) is 5.82 Å². The lowest BCUT2D eigenvalue weighted by atomic mass is 10.3. The van der Waals surface area contributed by atoms with Gasteiger partial charge in [0, 0.05) is 10.9 Å². The van der Waals surface area contributed by atoms with Crippen molar-refractivity contribution < 1.29 is 0 Å². The van der Waals surface area contributed by atoms with Crippen LogP contribution in [0, 0.1) is 6.92 Å². The molecule has 2 heterocycles. The van der Waals surface area contributed by atoms with E-state index in [4.69, 9.17) is 5.73 Å². The third kappa shape index (κ3) is 2.70. The summed E-state index contributed by atoms with van der Waals surface area (Å²) in [5.41, 5.74) is 7.67. The van der Waals surface area contributed by atoms with Gasteiger partial charge >= 0.3 is 0 Å². The van der Waals surface area contributed by atoms with Crippen molar-refractivity contribution in [1.82, 2.24) is 9.78 Å². The molecule has 3 N–H and O–H groups in total. The van der Waals surface area contributed by atoms with Crippen LogP contribution in [-0.4, -0.2) is 9.78 Å². The standard InChI is InChI=1S/C12H17BrN4S/c1-7(2)17-12(11(14)8(3)16-17)15-6-9-4-5-10(13)18-9/h4-5,7,15H,6,14H2,1-3H3. The third-order valence-electron chi connectivity index (χ3n) is 2.68. The van der Waals surface area contributed by atoms with Crippen molar-refractivity contribution in [2.24, 2.45) is 0 Å². The lowest BCUT2D eigenvalue weighted by Crippen LogP contribution is -2.10. The summed E-state index contributed by atoms with van der Waals surface area (Å²) >= 11 is 5.18. The molecule has 0 atom stereocenters. The Kier molecular flexibility index (Phi) is 3.97. The summed E-state index contributed by atoms with van der Waals surface area (Å²) < 4.78 is 3.08. The highest BCUT2D eigenvalue weighted by Crippen LogP contribution is 2.27. The zero-order valence-electron chi connectivity index (χ0n) is 10.7. The molecular formula is C12H17BrN4S. The predicted molar refractivity (Wildman–Crippen MR) is 81.1 cm³/mol. The molecule has 0 aliphatic carbocycles. The summed E-state index contributed by atoms with van der Waals surface area (Å²) in [6.07, 6.45) is 0. The van der Waals surface area contributed by atoms with E-state index >= 15 is 0 Å². The minimum atomic E-state index is 0.290. The first-order chi connectivity index (χ1) is 8.49. The Balaban J connectivity index is 2.18. The van der Waals surface area contributed by atoms with E-state index in [1.54, 1.807) is 11.3 Å². The van der Waals surface area contributed by atoms with Crippen LogP contribution in [-0.2, 0) is 6.54 Å². The fraction of sp³-hybridized carbons (Fsp3) is 0.417. The van der Waals surface area contributed by atoms with Gasteiger partial charge in [0.05, 0.1) is 21.7 Å². The number of nitrogens with one attached hydrogen (secondary N) is 1. The lowest BCUT2D eigenvalue weighted by molar-refractivity contribution is 0.534. The van der Waals surface area contributed by atoms with Crippen molar-refractivity contribution >= 4 is 38.8 Å². The van der Waals surface area contributed by atoms with Crippen molar-refractivity contribution in [2.75, 3.05) is 11.1 Å². The van der Waals surface area contributed by atoms with Gasteiger partial charge in [0.2, 0.25) is 0 Å². The molecule has 2 aromatic rings. The zero-order chi connectivity index (χ0) is 13.3. The van der Waals surface area contributed by atoms with E-state index in [1.165, 1.54) is 4.88 Å². The highest BCUT2D eigenvalue weighted by Gasteiger charge is 2.14. The van der Waals surface area contributed by atoms with Gasteiger partial charge in [0.25, 0.3) is 0 Å². The first kappa shape index (κ1) is 13.4. The van der Waals surface area contributed by atoms with Gasteiger partial charge in [-0.1, -0.05) is 0 Å². The van der Waals surface area contributed by atoms with Gasteiger partial charge in [0.15, 0.2) is 0 Å². The smallest absolute Gasteiger partial charge is 0.148 e. The van der Waals surface area contributed by atoms with Gasteiger partial charge in [-0.25, -0.2) is 4.68 Å². The minimum absolute atomic E-state index is 0.290. The van der Waals surface area contributed by atoms with Crippen LogP contribution in [0.4, 0.5) is 11.5 Å². The summed E-state index contributed by atoms with van der Waals surface area (Å²) in [6.45, 7) is 6.89. The summed E-state index contributed by atoms with van der Waals surface area (Å²) in [7, 11) is 0. The largest absolute Gasteiger partial charge is 0.394 e. The van der Waals surface area contributed by atoms with Crippen LogP contribution in [0.25, 0.3) is 0 Å². The van der Waals surface area contributed by atoms with Crippen molar-refractivity contribution in [3.63, 3.8) is 0 Å². The number of nitrogens with zero attached hydrogens (tertiary/aromatic N) is 2. The van der Waals surface area contributed by atoms with E-state index in [9.17, 15) is 0 Å². The number of aromatic nitrogens is 2. The fourth-order valence-corrected chi connectivity index (χ4v) is 3.15. The number of anilines is 2. The van der Waals surface area contributed by atoms with Gasteiger partial charge in [-0.05, 0) is 48.8 Å². The summed E-state index contributed by atoms with van der Waals surface area (Å²) in [5, 5.41) is 7.83. The highest BCUT2D eigenvalue weighted by molar-refractivity contribution is 9.11. The number of hydrogen-bond donors (Lipinski definition) is 2. The molecule has 2 aromatic heterocycles. The first-order valence-electron chi connectivity index (χ1n) is 5.81. The zero-order valence-corrected chi connectivity index (χ0v) is 13.1. The van der Waals surface area contributed by atoms with Crippen molar-refractivity contribution in [3.05, 3.63) is 26.5 Å². The van der Waals surface area contributed by atoms with E-state index in [0.717, 1.165) is 27.5 Å². The van der Waals surface area contributed by atoms with Crippen LogP contribution >= 0.6 is 27.3 Å². The molecule has 0 unspecified atom stereocenters. The Morgan fingerprint density at radius 3 is 2.78 bits per heavy atom. The van der Waals surface area contributed by atoms with Crippen LogP contribution in [0.1, 0.15) is 30.5 Å². The maximum Gasteiger partial charge on any atom is 0.148 e. The maximum atomic E-state index is 6.06. The minimum Gasteiger partial charge on any atom is -0.394 e. The number of halogens is 1. The quantitative estimate of drug-likeness (QED) is 0.897. The normalized spacial score (nSPS) is 11.2. The number of rotatable bonds is 4. The molecule has 18 heavy (non-hydrogen) atoms. The average Bonchev–Trinajstić information content (AvgIpc) is 2.83. The summed E-state index contributed by atoms with van der Waals surface area (Å²) in [6, 6.07) is 4.44. The molecule has 0 aliphatic rings. The summed E-state index contributed by atoms with van der Waals surface area (Å²) in [4.78, 5) is 1.26. The number of aryl methyl sites for hydroxylation is 1. The molecule has 98 valence electrons. The first-order valence-corrected chi connectivity index (χ1v) is 7.42. The summed E-state index contributed by atoms with van der Waals surface area (Å²) in [5.74, 6) is 0.909. The number of nitrogen functional groups attached to an aromatic ring is 1. The van der Waals surface area contributed by atoms with E-state index in [2.05, 4.69) is 52.3 Å². The Morgan fingerprint density at radius 1 is 1.50 bits per heavy atom.